The molecule has 3 unspecified atom stereocenters. The lowest BCUT2D eigenvalue weighted by Gasteiger charge is -2.24. The van der Waals surface area contributed by atoms with Gasteiger partial charge in [0.2, 0.25) is 5.91 Å². The van der Waals surface area contributed by atoms with Gasteiger partial charge in [0.05, 0.1) is 25.2 Å². The fraction of sp³-hybridized carbons (Fsp3) is 0.891. The first-order chi connectivity index (χ1) is 30.0. The zero-order valence-electron chi connectivity index (χ0n) is 41.1. The summed E-state index contributed by atoms with van der Waals surface area (Å²) in [5, 5.41) is 23.7. The molecule has 6 nitrogen and oxygen atoms in total. The second-order valence-corrected chi connectivity index (χ2v) is 18.6. The zero-order chi connectivity index (χ0) is 44.5. The van der Waals surface area contributed by atoms with Crippen molar-refractivity contribution in [2.45, 2.75) is 309 Å². The minimum Gasteiger partial charge on any atom is -0.462 e. The number of amides is 1. The lowest BCUT2D eigenvalue weighted by atomic mass is 10.0. The average molecular weight is 860 g/mol. The summed E-state index contributed by atoms with van der Waals surface area (Å²) in [4.78, 5) is 26.2. The third-order valence-corrected chi connectivity index (χ3v) is 12.5. The molecular weight excluding hydrogens is 755 g/mol. The Morgan fingerprint density at radius 1 is 0.475 bits per heavy atom. The molecule has 0 saturated heterocycles. The minimum absolute atomic E-state index is 0.0775. The van der Waals surface area contributed by atoms with Crippen molar-refractivity contribution in [2.24, 2.45) is 0 Å². The molecule has 0 aromatic heterocycles. The van der Waals surface area contributed by atoms with Crippen molar-refractivity contribution >= 4 is 11.9 Å². The second kappa shape index (κ2) is 49.4. The van der Waals surface area contributed by atoms with Gasteiger partial charge < -0.3 is 20.3 Å². The highest BCUT2D eigenvalue weighted by atomic mass is 16.5. The third-order valence-electron chi connectivity index (χ3n) is 12.5. The Labute approximate surface area is 380 Å². The van der Waals surface area contributed by atoms with Crippen molar-refractivity contribution in [1.82, 2.24) is 5.32 Å². The van der Waals surface area contributed by atoms with Crippen LogP contribution < -0.4 is 5.32 Å². The molecule has 3 N–H and O–H groups in total. The van der Waals surface area contributed by atoms with Crippen LogP contribution in [0, 0.1) is 0 Å². The van der Waals surface area contributed by atoms with Gasteiger partial charge in [-0.05, 0) is 57.8 Å². The first-order valence-corrected chi connectivity index (χ1v) is 27.1. The number of unbranched alkanes of at least 4 members (excludes halogenated alkanes) is 33. The van der Waals surface area contributed by atoms with E-state index in [0.29, 0.717) is 19.3 Å². The predicted molar refractivity (Wildman–Crippen MR) is 264 cm³/mol. The van der Waals surface area contributed by atoms with E-state index in [2.05, 4.69) is 50.4 Å². The molecule has 360 valence electrons. The van der Waals surface area contributed by atoms with Gasteiger partial charge in [-0.2, -0.15) is 0 Å². The van der Waals surface area contributed by atoms with Crippen LogP contribution in [0.3, 0.4) is 0 Å². The summed E-state index contributed by atoms with van der Waals surface area (Å²) in [7, 11) is 0. The first kappa shape index (κ1) is 59.3. The molecule has 0 aliphatic heterocycles. The van der Waals surface area contributed by atoms with Gasteiger partial charge in [0.25, 0.3) is 0 Å². The molecule has 0 heterocycles. The van der Waals surface area contributed by atoms with Crippen molar-refractivity contribution in [3.8, 4) is 0 Å². The molecule has 0 aliphatic carbocycles. The summed E-state index contributed by atoms with van der Waals surface area (Å²) in [5.41, 5.74) is 0. The number of aliphatic hydroxyl groups is 2. The number of hydrogen-bond acceptors (Lipinski definition) is 5. The van der Waals surface area contributed by atoms with Crippen LogP contribution in [0.25, 0.3) is 0 Å². The maximum absolute atomic E-state index is 13.2. The molecule has 0 aromatic carbocycles. The summed E-state index contributed by atoms with van der Waals surface area (Å²) >= 11 is 0. The Hall–Kier alpha value is -1.66. The van der Waals surface area contributed by atoms with E-state index in [1.165, 1.54) is 173 Å². The Kier molecular flexibility index (Phi) is 48.0. The van der Waals surface area contributed by atoms with Crippen molar-refractivity contribution in [3.63, 3.8) is 0 Å². The van der Waals surface area contributed by atoms with Crippen molar-refractivity contribution < 1.29 is 24.5 Å². The monoisotopic (exact) mass is 860 g/mol. The minimum atomic E-state index is -0.785. The summed E-state index contributed by atoms with van der Waals surface area (Å²) in [5.74, 6) is -0.466. The Balaban J connectivity index is 4.53. The number of carbonyl (C=O) groups is 2. The molecular formula is C55H105NO5. The van der Waals surface area contributed by atoms with Crippen LogP contribution in [-0.4, -0.2) is 46.9 Å². The van der Waals surface area contributed by atoms with Crippen LogP contribution in [-0.2, 0) is 14.3 Å². The van der Waals surface area contributed by atoms with Gasteiger partial charge in [-0.15, -0.1) is 0 Å². The fourth-order valence-corrected chi connectivity index (χ4v) is 8.40. The van der Waals surface area contributed by atoms with Gasteiger partial charge >= 0.3 is 5.97 Å². The van der Waals surface area contributed by atoms with E-state index in [4.69, 9.17) is 4.74 Å². The maximum atomic E-state index is 13.2. The molecule has 0 aliphatic rings. The molecule has 0 rings (SSSR count). The molecule has 0 saturated carbocycles. The lowest BCUT2D eigenvalue weighted by Crippen LogP contribution is -2.46. The van der Waals surface area contributed by atoms with Crippen LogP contribution in [0.15, 0.2) is 24.3 Å². The molecule has 3 atom stereocenters. The quantitative estimate of drug-likeness (QED) is 0.0322. The second-order valence-electron chi connectivity index (χ2n) is 18.6. The summed E-state index contributed by atoms with van der Waals surface area (Å²) in [6.45, 7) is 6.46. The number of esters is 1. The standard InChI is InChI=1S/C55H105NO5/c1-4-7-10-13-16-19-21-23-25-27-28-30-32-35-37-40-43-46-51(49-54(59)56-52(50-57)53(58)47-44-41-38-34-18-15-12-9-6-3)61-55(60)48-45-42-39-36-33-31-29-26-24-22-20-17-14-11-8-5-2/h16,19,23,25,51-53,57-58H,4-15,17-18,20-22,24,26-50H2,1-3H3,(H,56,59)/b19-16-,25-23-. The highest BCUT2D eigenvalue weighted by Gasteiger charge is 2.24. The molecule has 0 fully saturated rings. The largest absolute Gasteiger partial charge is 0.462 e. The van der Waals surface area contributed by atoms with E-state index in [-0.39, 0.29) is 24.9 Å². The number of nitrogens with one attached hydrogen (secondary N) is 1. The van der Waals surface area contributed by atoms with E-state index >= 15 is 0 Å². The van der Waals surface area contributed by atoms with E-state index in [1.807, 2.05) is 0 Å². The first-order valence-electron chi connectivity index (χ1n) is 27.1. The molecule has 0 radical (unpaired) electrons. The molecule has 6 heteroatoms. The predicted octanol–water partition coefficient (Wildman–Crippen LogP) is 16.3. The zero-order valence-corrected chi connectivity index (χ0v) is 41.1. The number of hydrogen-bond donors (Lipinski definition) is 3. The Morgan fingerprint density at radius 3 is 1.28 bits per heavy atom. The highest BCUT2D eigenvalue weighted by molar-refractivity contribution is 5.77. The topological polar surface area (TPSA) is 95.9 Å². The van der Waals surface area contributed by atoms with Crippen LogP contribution in [0.2, 0.25) is 0 Å². The van der Waals surface area contributed by atoms with Gasteiger partial charge in [0.1, 0.15) is 6.10 Å². The van der Waals surface area contributed by atoms with E-state index in [1.54, 1.807) is 0 Å². The normalized spacial score (nSPS) is 13.3. The average Bonchev–Trinajstić information content (AvgIpc) is 3.25. The van der Waals surface area contributed by atoms with Crippen molar-refractivity contribution in [2.75, 3.05) is 6.61 Å². The van der Waals surface area contributed by atoms with Crippen LogP contribution >= 0.6 is 0 Å². The SMILES string of the molecule is CCCCC/C=C\C/C=C\CCCCCCCCCC(CC(=O)NC(CO)C(O)CCCCCCCCCCC)OC(=O)CCCCCCCCCCCCCCCCCC. The third kappa shape index (κ3) is 44.7. The Bertz CT molecular complexity index is 966. The van der Waals surface area contributed by atoms with Gasteiger partial charge in [0, 0.05) is 6.42 Å². The maximum Gasteiger partial charge on any atom is 0.306 e. The van der Waals surface area contributed by atoms with Gasteiger partial charge in [0.15, 0.2) is 0 Å². The summed E-state index contributed by atoms with van der Waals surface area (Å²) < 4.78 is 5.95. The molecule has 1 amide bonds. The highest BCUT2D eigenvalue weighted by Crippen LogP contribution is 2.18. The summed E-state index contributed by atoms with van der Waals surface area (Å²) in [6, 6.07) is -0.698. The lowest BCUT2D eigenvalue weighted by molar-refractivity contribution is -0.151. The van der Waals surface area contributed by atoms with Crippen LogP contribution in [0.5, 0.6) is 0 Å². The molecule has 0 spiro atoms. The van der Waals surface area contributed by atoms with Gasteiger partial charge in [-0.25, -0.2) is 0 Å². The van der Waals surface area contributed by atoms with E-state index < -0.39 is 18.2 Å². The van der Waals surface area contributed by atoms with Crippen LogP contribution in [0.1, 0.15) is 290 Å². The van der Waals surface area contributed by atoms with E-state index in [9.17, 15) is 19.8 Å². The molecule has 61 heavy (non-hydrogen) atoms. The summed E-state index contributed by atoms with van der Waals surface area (Å²) in [6.07, 6.45) is 56.7. The molecule has 0 bridgehead atoms. The van der Waals surface area contributed by atoms with Crippen molar-refractivity contribution in [3.05, 3.63) is 24.3 Å². The number of carbonyl (C=O) groups excluding carboxylic acids is 2. The Morgan fingerprint density at radius 2 is 0.836 bits per heavy atom. The number of aliphatic hydroxyl groups excluding tert-OH is 2. The number of rotatable bonds is 49. The van der Waals surface area contributed by atoms with Gasteiger partial charge in [-0.1, -0.05) is 244 Å². The number of allylic oxidation sites excluding steroid dienone is 4. The van der Waals surface area contributed by atoms with E-state index in [0.717, 1.165) is 70.6 Å². The van der Waals surface area contributed by atoms with Crippen LogP contribution in [0.4, 0.5) is 0 Å². The van der Waals surface area contributed by atoms with Crippen molar-refractivity contribution in [1.29, 1.82) is 0 Å². The number of ether oxygens (including phenoxy) is 1. The smallest absolute Gasteiger partial charge is 0.306 e. The fourth-order valence-electron chi connectivity index (χ4n) is 8.40. The molecule has 0 aromatic rings. The van der Waals surface area contributed by atoms with Gasteiger partial charge in [-0.3, -0.25) is 9.59 Å².